The number of benzene rings is 1. The molecule has 0 bridgehead atoms. The van der Waals surface area contributed by atoms with E-state index in [2.05, 4.69) is 43.9 Å². The predicted octanol–water partition coefficient (Wildman–Crippen LogP) is 3.45. The van der Waals surface area contributed by atoms with Gasteiger partial charge in [-0.05, 0) is 12.1 Å². The number of hydrogen-bond donors (Lipinski definition) is 0. The maximum absolute atomic E-state index is 4.34. The van der Waals surface area contributed by atoms with Crippen LogP contribution in [0.15, 0.2) is 34.1 Å². The van der Waals surface area contributed by atoms with Gasteiger partial charge in [-0.2, -0.15) is 0 Å². The third-order valence-electron chi connectivity index (χ3n) is 1.03. The minimum atomic E-state index is -0.363. The molecule has 0 atom stereocenters. The molecule has 1 aliphatic rings. The van der Waals surface area contributed by atoms with Gasteiger partial charge in [0.2, 0.25) is 0 Å². The van der Waals surface area contributed by atoms with Crippen LogP contribution in [-0.2, 0) is 14.9 Å². The van der Waals surface area contributed by atoms with Gasteiger partial charge >= 0.3 is 34.6 Å². The fraction of sp³-hybridized carbons (Fsp3) is 0. The van der Waals surface area contributed by atoms with Crippen molar-refractivity contribution in [2.45, 2.75) is 9.79 Å². The fourth-order valence-electron chi connectivity index (χ4n) is 0.611. The van der Waals surface area contributed by atoms with Crippen molar-refractivity contribution in [3.8, 4) is 0 Å². The first kappa shape index (κ1) is 8.79. The average molecular weight is 268 g/mol. The Bertz CT molecular complexity index is 244. The Hall–Kier alpha value is 0.698. The van der Waals surface area contributed by atoms with Gasteiger partial charge in [-0.15, -0.1) is 0 Å². The zero-order valence-corrected chi connectivity index (χ0v) is 9.40. The molecule has 0 amide bonds. The van der Waals surface area contributed by atoms with Crippen LogP contribution in [0.25, 0.3) is 0 Å². The molecule has 1 aromatic carbocycles. The first-order valence-corrected chi connectivity index (χ1v) is 8.97. The van der Waals surface area contributed by atoms with Crippen molar-refractivity contribution in [2.75, 3.05) is 0 Å². The Morgan fingerprint density at radius 1 is 1.10 bits per heavy atom. The summed E-state index contributed by atoms with van der Waals surface area (Å²) in [6, 6.07) is 8.41. The molecule has 52 valence electrons. The second-order valence-electron chi connectivity index (χ2n) is 1.62. The summed E-state index contributed by atoms with van der Waals surface area (Å²) in [7, 11) is 8.68. The van der Waals surface area contributed by atoms with Gasteiger partial charge in [0.05, 0.1) is 0 Å². The van der Waals surface area contributed by atoms with Gasteiger partial charge in [0.25, 0.3) is 0 Å². The summed E-state index contributed by atoms with van der Waals surface area (Å²) in [6.07, 6.45) is 0. The van der Waals surface area contributed by atoms with Crippen molar-refractivity contribution in [2.24, 2.45) is 0 Å². The molecule has 10 heavy (non-hydrogen) atoms. The number of fused-ring (bicyclic) bond motifs is 1. The van der Waals surface area contributed by atoms with E-state index in [1.54, 1.807) is 0 Å². The molecule has 2 rings (SSSR count). The van der Waals surface area contributed by atoms with E-state index in [0.717, 1.165) is 0 Å². The van der Waals surface area contributed by atoms with E-state index in [9.17, 15) is 0 Å². The van der Waals surface area contributed by atoms with E-state index in [1.165, 1.54) is 9.79 Å². The van der Waals surface area contributed by atoms with Crippen LogP contribution in [0.5, 0.6) is 0 Å². The van der Waals surface area contributed by atoms with E-state index in [4.69, 9.17) is 0 Å². The van der Waals surface area contributed by atoms with Gasteiger partial charge < -0.3 is 0 Å². The van der Waals surface area contributed by atoms with Crippen LogP contribution < -0.4 is 0 Å². The van der Waals surface area contributed by atoms with Crippen LogP contribution in [-0.4, -0.2) is 0 Å². The van der Waals surface area contributed by atoms with Crippen molar-refractivity contribution in [3.05, 3.63) is 24.3 Å². The molecule has 0 N–H and O–H groups in total. The minimum Gasteiger partial charge on any atom is -0.0877 e. The third kappa shape index (κ3) is 2.75. The smallest absolute Gasteiger partial charge is 0.0262 e. The Morgan fingerprint density at radius 2 is 1.50 bits per heavy atom. The van der Waals surface area contributed by atoms with E-state index in [0.29, 0.717) is 0 Å². The molecule has 0 aromatic heterocycles. The summed E-state index contributed by atoms with van der Waals surface area (Å²) in [5.74, 6) is 0. The van der Waals surface area contributed by atoms with Crippen molar-refractivity contribution in [1.29, 1.82) is 0 Å². The first-order valence-electron chi connectivity index (χ1n) is 2.57. The fourth-order valence-corrected chi connectivity index (χ4v) is 1.23. The minimum absolute atomic E-state index is 0.363. The molecule has 1 aliphatic heterocycles. The maximum atomic E-state index is 4.34. The van der Waals surface area contributed by atoms with Gasteiger partial charge in [-0.3, -0.25) is 0 Å². The van der Waals surface area contributed by atoms with E-state index < -0.39 is 0 Å². The summed E-state index contributed by atoms with van der Waals surface area (Å²) in [4.78, 5) is 2.89. The van der Waals surface area contributed by atoms with E-state index in [-0.39, 0.29) is 14.9 Å². The van der Waals surface area contributed by atoms with Crippen LogP contribution in [0.3, 0.4) is 0 Å². The predicted molar refractivity (Wildman–Crippen MR) is 45.7 cm³/mol. The van der Waals surface area contributed by atoms with E-state index in [1.807, 2.05) is 11.8 Å². The van der Waals surface area contributed by atoms with E-state index >= 15 is 0 Å². The van der Waals surface area contributed by atoms with Crippen molar-refractivity contribution < 1.29 is 14.9 Å². The van der Waals surface area contributed by atoms with Crippen LogP contribution in [0.2, 0.25) is 0 Å². The molecule has 0 saturated heterocycles. The van der Waals surface area contributed by atoms with Gasteiger partial charge in [0, 0.05) is 9.79 Å². The quantitative estimate of drug-likeness (QED) is 0.530. The first-order chi connectivity index (χ1) is 4.88. The molecule has 0 unspecified atom stereocenters. The van der Waals surface area contributed by atoms with Gasteiger partial charge in [-0.25, -0.2) is 0 Å². The molecule has 4 heteroatoms. The van der Waals surface area contributed by atoms with Gasteiger partial charge in [0.1, 0.15) is 0 Å². The molecule has 0 fully saturated rings. The molecular formula is C6H4MoS3. The molecule has 0 spiro atoms. The summed E-state index contributed by atoms with van der Waals surface area (Å²) in [5.41, 5.74) is 0. The second kappa shape index (κ2) is 4.55. The van der Waals surface area contributed by atoms with Crippen molar-refractivity contribution in [3.63, 3.8) is 0 Å². The Morgan fingerprint density at radius 3 is 1.80 bits per heavy atom. The van der Waals surface area contributed by atoms with Gasteiger partial charge in [-0.1, -0.05) is 23.9 Å². The summed E-state index contributed by atoms with van der Waals surface area (Å²) < 4.78 is 0. The number of rotatable bonds is 0. The van der Waals surface area contributed by atoms with Crippen LogP contribution in [0.4, 0.5) is 0 Å². The molecule has 0 nitrogen and oxygen atoms in total. The Kier molecular flexibility index (Phi) is 4.00. The standard InChI is InChI=1S/C6H4S.Mo.2S/c1-2-4-6-5(3-1)7-6;;;/h1-4H;;;. The third-order valence-corrected chi connectivity index (χ3v) is 1.98. The summed E-state index contributed by atoms with van der Waals surface area (Å²) >= 11 is 1.50. The van der Waals surface area contributed by atoms with Crippen molar-refractivity contribution in [1.82, 2.24) is 0 Å². The molecule has 1 aromatic rings. The SMILES string of the molecule is [S]=[Mo]=[S].c1ccc2c(c1)S2. The molecule has 0 radical (unpaired) electrons. The monoisotopic (exact) mass is 270 g/mol. The molecule has 0 aliphatic carbocycles. The number of hydrogen-bond acceptors (Lipinski definition) is 3. The zero-order valence-electron chi connectivity index (χ0n) is 4.94. The molecular weight excluding hydrogens is 264 g/mol. The Labute approximate surface area is 79.8 Å². The van der Waals surface area contributed by atoms with Crippen LogP contribution in [0, 0.1) is 0 Å². The second-order valence-corrected chi connectivity index (χ2v) is 6.26. The largest absolute Gasteiger partial charge is 0.0877 e. The summed E-state index contributed by atoms with van der Waals surface area (Å²) in [5, 5.41) is 0. The topological polar surface area (TPSA) is 0 Å². The van der Waals surface area contributed by atoms with Crippen LogP contribution in [0.1, 0.15) is 0 Å². The average Bonchev–Trinajstić information content (AvgIpc) is 2.66. The van der Waals surface area contributed by atoms with Gasteiger partial charge in [0.15, 0.2) is 0 Å². The zero-order chi connectivity index (χ0) is 7.40. The molecule has 0 saturated carbocycles. The summed E-state index contributed by atoms with van der Waals surface area (Å²) in [6.45, 7) is 0. The maximum Gasteiger partial charge on any atom is 0.0262 e. The Balaban J connectivity index is 0.000000148. The van der Waals surface area contributed by atoms with Crippen molar-refractivity contribution >= 4 is 31.4 Å². The van der Waals surface area contributed by atoms with Crippen LogP contribution >= 0.6 is 31.4 Å². The molecule has 1 heterocycles. The normalized spacial score (nSPS) is 10.4.